The summed E-state index contributed by atoms with van der Waals surface area (Å²) in [5.41, 5.74) is 1.66. The van der Waals surface area contributed by atoms with Gasteiger partial charge in [0.15, 0.2) is 5.78 Å². The summed E-state index contributed by atoms with van der Waals surface area (Å²) in [6.07, 6.45) is 0. The smallest absolute Gasteiger partial charge is 0.165 e. The minimum atomic E-state index is -0.0377. The van der Waals surface area contributed by atoms with Crippen LogP contribution in [0.3, 0.4) is 0 Å². The Labute approximate surface area is 90.9 Å². The number of hydrogen-bond acceptors (Lipinski definition) is 2. The Morgan fingerprint density at radius 1 is 1.20 bits per heavy atom. The van der Waals surface area contributed by atoms with Gasteiger partial charge in [-0.2, -0.15) is 0 Å². The number of Topliss-reactive ketones (excluding diaryl/α,β-unsaturated/α-hetero) is 1. The van der Waals surface area contributed by atoms with Crippen LogP contribution in [0.4, 0.5) is 0 Å². The molecule has 1 N–H and O–H groups in total. The predicted molar refractivity (Wildman–Crippen MR) is 61.4 cm³/mol. The van der Waals surface area contributed by atoms with Crippen LogP contribution in [0, 0.1) is 5.92 Å². The molecule has 0 saturated heterocycles. The molecule has 1 rings (SSSR count). The summed E-state index contributed by atoms with van der Waals surface area (Å²) in [5.74, 6) is 0.505. The molecule has 0 heterocycles. The zero-order valence-corrected chi connectivity index (χ0v) is 9.74. The van der Waals surface area contributed by atoms with Crippen LogP contribution in [0.25, 0.3) is 0 Å². The van der Waals surface area contributed by atoms with E-state index < -0.39 is 0 Å². The van der Waals surface area contributed by atoms with Crippen LogP contribution < -0.4 is 0 Å². The lowest BCUT2D eigenvalue weighted by Gasteiger charge is -2.13. The van der Waals surface area contributed by atoms with Crippen molar-refractivity contribution in [1.29, 1.82) is 0 Å². The summed E-state index contributed by atoms with van der Waals surface area (Å²) in [6.45, 7) is 7.83. The number of phenols is 1. The summed E-state index contributed by atoms with van der Waals surface area (Å²) >= 11 is 0. The molecule has 0 aromatic heterocycles. The zero-order chi connectivity index (χ0) is 11.6. The average molecular weight is 206 g/mol. The van der Waals surface area contributed by atoms with Crippen LogP contribution in [0.2, 0.25) is 0 Å². The first-order valence-corrected chi connectivity index (χ1v) is 5.30. The van der Waals surface area contributed by atoms with Crippen molar-refractivity contribution in [1.82, 2.24) is 0 Å². The second kappa shape index (κ2) is 4.47. The van der Waals surface area contributed by atoms with Crippen molar-refractivity contribution in [2.45, 2.75) is 33.6 Å². The Hall–Kier alpha value is -1.31. The number of carbonyl (C=O) groups is 1. The lowest BCUT2D eigenvalue weighted by Crippen LogP contribution is -2.11. The maximum Gasteiger partial charge on any atom is 0.165 e. The van der Waals surface area contributed by atoms with Gasteiger partial charge in [-0.15, -0.1) is 0 Å². The molecule has 1 aromatic carbocycles. The number of hydrogen-bond donors (Lipinski definition) is 1. The molecule has 0 aliphatic rings. The predicted octanol–water partition coefficient (Wildman–Crippen LogP) is 3.35. The standard InChI is InChI=1S/C13H18O2/c1-8(2)11-6-5-10(14)7-12(11)13(15)9(3)4/h5-9,14H,1-4H3. The Morgan fingerprint density at radius 3 is 2.27 bits per heavy atom. The first-order valence-electron chi connectivity index (χ1n) is 5.30. The van der Waals surface area contributed by atoms with Crippen LogP contribution >= 0.6 is 0 Å². The van der Waals surface area contributed by atoms with Gasteiger partial charge in [0.25, 0.3) is 0 Å². The van der Waals surface area contributed by atoms with Crippen LogP contribution in [-0.4, -0.2) is 10.9 Å². The third-order valence-electron chi connectivity index (χ3n) is 2.45. The molecule has 0 aliphatic carbocycles. The lowest BCUT2D eigenvalue weighted by molar-refractivity contribution is 0.0937. The molecule has 1 aromatic rings. The first kappa shape index (κ1) is 11.8. The summed E-state index contributed by atoms with van der Waals surface area (Å²) in [6, 6.07) is 5.03. The van der Waals surface area contributed by atoms with Gasteiger partial charge >= 0.3 is 0 Å². The molecule has 0 spiro atoms. The molecule has 82 valence electrons. The topological polar surface area (TPSA) is 37.3 Å². The minimum absolute atomic E-state index is 0.0377. The SMILES string of the molecule is CC(C)C(=O)c1cc(O)ccc1C(C)C. The summed E-state index contributed by atoms with van der Waals surface area (Å²) in [7, 11) is 0. The van der Waals surface area contributed by atoms with E-state index in [9.17, 15) is 9.90 Å². The molecule has 0 saturated carbocycles. The normalized spacial score (nSPS) is 11.1. The van der Waals surface area contributed by atoms with Crippen LogP contribution in [-0.2, 0) is 0 Å². The molecular weight excluding hydrogens is 188 g/mol. The van der Waals surface area contributed by atoms with Gasteiger partial charge in [0, 0.05) is 11.5 Å². The highest BCUT2D eigenvalue weighted by Gasteiger charge is 2.17. The molecule has 2 heteroatoms. The van der Waals surface area contributed by atoms with Crippen molar-refractivity contribution in [2.75, 3.05) is 0 Å². The third kappa shape index (κ3) is 2.58. The van der Waals surface area contributed by atoms with Gasteiger partial charge in [-0.25, -0.2) is 0 Å². The van der Waals surface area contributed by atoms with Crippen molar-refractivity contribution in [3.8, 4) is 5.75 Å². The molecule has 0 amide bonds. The van der Waals surface area contributed by atoms with E-state index in [1.165, 1.54) is 0 Å². The van der Waals surface area contributed by atoms with Gasteiger partial charge < -0.3 is 5.11 Å². The first-order chi connectivity index (χ1) is 6.93. The maximum atomic E-state index is 11.9. The molecule has 0 unspecified atom stereocenters. The highest BCUT2D eigenvalue weighted by molar-refractivity contribution is 5.99. The molecule has 0 aliphatic heterocycles. The van der Waals surface area contributed by atoms with E-state index in [2.05, 4.69) is 0 Å². The van der Waals surface area contributed by atoms with Crippen LogP contribution in [0.1, 0.15) is 49.5 Å². The quantitative estimate of drug-likeness (QED) is 0.770. The molecule has 0 radical (unpaired) electrons. The van der Waals surface area contributed by atoms with Crippen molar-refractivity contribution in [3.63, 3.8) is 0 Å². The number of ketones is 1. The van der Waals surface area contributed by atoms with E-state index in [1.54, 1.807) is 12.1 Å². The molecule has 15 heavy (non-hydrogen) atoms. The fourth-order valence-corrected chi connectivity index (χ4v) is 1.57. The zero-order valence-electron chi connectivity index (χ0n) is 9.74. The largest absolute Gasteiger partial charge is 0.508 e. The Bertz CT molecular complexity index is 365. The van der Waals surface area contributed by atoms with Crippen molar-refractivity contribution < 1.29 is 9.90 Å². The van der Waals surface area contributed by atoms with E-state index in [4.69, 9.17) is 0 Å². The Kier molecular flexibility index (Phi) is 3.51. The lowest BCUT2D eigenvalue weighted by atomic mass is 9.91. The van der Waals surface area contributed by atoms with Gasteiger partial charge in [-0.3, -0.25) is 4.79 Å². The Balaban J connectivity index is 3.24. The van der Waals surface area contributed by atoms with E-state index >= 15 is 0 Å². The van der Waals surface area contributed by atoms with Crippen molar-refractivity contribution in [3.05, 3.63) is 29.3 Å². The second-order valence-corrected chi connectivity index (χ2v) is 4.45. The van der Waals surface area contributed by atoms with E-state index in [-0.39, 0.29) is 17.5 Å². The summed E-state index contributed by atoms with van der Waals surface area (Å²) < 4.78 is 0. The highest BCUT2D eigenvalue weighted by atomic mass is 16.3. The fourth-order valence-electron chi connectivity index (χ4n) is 1.57. The van der Waals surface area contributed by atoms with Crippen molar-refractivity contribution in [2.24, 2.45) is 5.92 Å². The summed E-state index contributed by atoms with van der Waals surface area (Å²) in [5, 5.41) is 9.40. The molecular formula is C13H18O2. The van der Waals surface area contributed by atoms with Gasteiger partial charge in [-0.05, 0) is 23.6 Å². The Morgan fingerprint density at radius 2 is 1.80 bits per heavy atom. The van der Waals surface area contributed by atoms with Crippen LogP contribution in [0.5, 0.6) is 5.75 Å². The minimum Gasteiger partial charge on any atom is -0.508 e. The highest BCUT2D eigenvalue weighted by Crippen LogP contribution is 2.25. The summed E-state index contributed by atoms with van der Waals surface area (Å²) in [4.78, 5) is 11.9. The average Bonchev–Trinajstić information content (AvgIpc) is 2.15. The number of rotatable bonds is 3. The molecule has 0 fully saturated rings. The molecule has 0 atom stereocenters. The number of aromatic hydroxyl groups is 1. The van der Waals surface area contributed by atoms with Gasteiger partial charge in [-0.1, -0.05) is 33.8 Å². The van der Waals surface area contributed by atoms with Gasteiger partial charge in [0.1, 0.15) is 5.75 Å². The number of benzene rings is 1. The van der Waals surface area contributed by atoms with E-state index in [0.717, 1.165) is 5.56 Å². The van der Waals surface area contributed by atoms with Gasteiger partial charge in [0.05, 0.1) is 0 Å². The maximum absolute atomic E-state index is 11.9. The molecule has 0 bridgehead atoms. The second-order valence-electron chi connectivity index (χ2n) is 4.45. The van der Waals surface area contributed by atoms with Crippen molar-refractivity contribution >= 4 is 5.78 Å². The number of phenolic OH excluding ortho intramolecular Hbond substituents is 1. The monoisotopic (exact) mass is 206 g/mol. The van der Waals surface area contributed by atoms with E-state index in [0.29, 0.717) is 11.5 Å². The molecule has 2 nitrogen and oxygen atoms in total. The van der Waals surface area contributed by atoms with E-state index in [1.807, 2.05) is 33.8 Å². The fraction of sp³-hybridized carbons (Fsp3) is 0.462. The van der Waals surface area contributed by atoms with Gasteiger partial charge in [0.2, 0.25) is 0 Å². The number of carbonyl (C=O) groups excluding carboxylic acids is 1. The third-order valence-corrected chi connectivity index (χ3v) is 2.45. The van der Waals surface area contributed by atoms with Crippen LogP contribution in [0.15, 0.2) is 18.2 Å².